The van der Waals surface area contributed by atoms with Gasteiger partial charge in [0.15, 0.2) is 5.82 Å². The van der Waals surface area contributed by atoms with Crippen LogP contribution in [0, 0.1) is 5.92 Å². The summed E-state index contributed by atoms with van der Waals surface area (Å²) in [6.07, 6.45) is -3.48. The minimum atomic E-state index is -5.37. The zero-order valence-electron chi connectivity index (χ0n) is 17.6. The average molecular weight is 501 g/mol. The van der Waals surface area contributed by atoms with E-state index in [4.69, 9.17) is 16.3 Å². The van der Waals surface area contributed by atoms with Crippen molar-refractivity contribution < 1.29 is 37.1 Å². The molecule has 34 heavy (non-hydrogen) atoms. The van der Waals surface area contributed by atoms with Crippen LogP contribution >= 0.6 is 11.6 Å². The highest BCUT2D eigenvalue weighted by atomic mass is 35.5. The van der Waals surface area contributed by atoms with Gasteiger partial charge in [-0.25, -0.2) is 14.6 Å². The Bertz CT molecular complexity index is 1030. The van der Waals surface area contributed by atoms with Crippen molar-refractivity contribution in [2.24, 2.45) is 5.92 Å². The fourth-order valence-corrected chi connectivity index (χ4v) is 3.20. The second-order valence-corrected chi connectivity index (χ2v) is 7.71. The highest BCUT2D eigenvalue weighted by Crippen LogP contribution is 2.25. The smallest absolute Gasteiger partial charge is 0.449 e. The number of nitrogens with one attached hydrogen (secondary N) is 2. The number of para-hydroxylation sites is 1. The Hall–Kier alpha value is -3.38. The number of aromatic nitrogens is 1. The summed E-state index contributed by atoms with van der Waals surface area (Å²) in [5.74, 6) is -4.07. The quantitative estimate of drug-likeness (QED) is 0.598. The van der Waals surface area contributed by atoms with Gasteiger partial charge in [-0.05, 0) is 56.1 Å². The highest BCUT2D eigenvalue weighted by Gasteiger charge is 2.44. The number of halogens is 4. The molecule has 2 amide bonds. The first-order valence-electron chi connectivity index (χ1n) is 10.1. The largest absolute Gasteiger partial charge is 0.493 e. The number of ether oxygens (including phenoxy) is 1. The number of carbonyl (C=O) groups excluding carboxylic acids is 3. The number of anilines is 2. The molecule has 1 saturated heterocycles. The normalized spacial score (nSPS) is 14.2. The van der Waals surface area contributed by atoms with E-state index in [1.807, 2.05) is 0 Å². The molecule has 9 nitrogen and oxygen atoms in total. The predicted molar refractivity (Wildman–Crippen MR) is 115 cm³/mol. The van der Waals surface area contributed by atoms with Gasteiger partial charge in [0.25, 0.3) is 5.91 Å². The molecule has 1 aromatic carbocycles. The molecule has 0 aliphatic carbocycles. The van der Waals surface area contributed by atoms with E-state index in [1.54, 1.807) is 0 Å². The van der Waals surface area contributed by atoms with Gasteiger partial charge in [-0.3, -0.25) is 10.1 Å². The van der Waals surface area contributed by atoms with Gasteiger partial charge in [-0.2, -0.15) is 13.2 Å². The van der Waals surface area contributed by atoms with Crippen molar-refractivity contribution in [3.63, 3.8) is 0 Å². The summed E-state index contributed by atoms with van der Waals surface area (Å²) in [4.78, 5) is 44.9. The zero-order chi connectivity index (χ0) is 24.7. The van der Waals surface area contributed by atoms with Crippen LogP contribution in [0.3, 0.4) is 0 Å². The van der Waals surface area contributed by atoms with E-state index in [0.717, 1.165) is 38.2 Å². The zero-order valence-corrected chi connectivity index (χ0v) is 18.4. The van der Waals surface area contributed by atoms with Crippen molar-refractivity contribution in [2.45, 2.75) is 19.0 Å². The van der Waals surface area contributed by atoms with Crippen LogP contribution in [0.15, 0.2) is 42.6 Å². The first-order chi connectivity index (χ1) is 16.1. The lowest BCUT2D eigenvalue weighted by Gasteiger charge is -2.23. The Kier molecular flexibility index (Phi) is 8.29. The molecule has 2 heterocycles. The molecule has 0 atom stereocenters. The topological polar surface area (TPSA) is 110 Å². The fourth-order valence-electron chi connectivity index (χ4n) is 3.09. The molecular weight excluding hydrogens is 481 g/mol. The summed E-state index contributed by atoms with van der Waals surface area (Å²) in [5, 5.41) is 5.81. The maximum Gasteiger partial charge on any atom is 0.493 e. The number of alkyl halides is 3. The molecule has 1 aromatic heterocycles. The Labute approximate surface area is 197 Å². The number of amides is 2. The molecule has 1 aliphatic rings. The van der Waals surface area contributed by atoms with Gasteiger partial charge in [0.1, 0.15) is 0 Å². The lowest BCUT2D eigenvalue weighted by molar-refractivity contribution is -0.200. The number of benzene rings is 1. The molecule has 0 spiro atoms. The Morgan fingerprint density at radius 3 is 2.50 bits per heavy atom. The molecule has 1 aliphatic heterocycles. The summed E-state index contributed by atoms with van der Waals surface area (Å²) in [6.45, 7) is 1.81. The van der Waals surface area contributed by atoms with Gasteiger partial charge in [-0.15, -0.1) is 5.06 Å². The van der Waals surface area contributed by atoms with Crippen LogP contribution in [0.2, 0.25) is 5.02 Å². The first kappa shape index (κ1) is 25.2. The van der Waals surface area contributed by atoms with E-state index in [2.05, 4.69) is 20.5 Å². The lowest BCUT2D eigenvalue weighted by Crippen LogP contribution is -2.39. The van der Waals surface area contributed by atoms with Crippen LogP contribution in [0.4, 0.5) is 29.5 Å². The Morgan fingerprint density at radius 1 is 1.15 bits per heavy atom. The van der Waals surface area contributed by atoms with Crippen LogP contribution in [0.1, 0.15) is 23.2 Å². The lowest BCUT2D eigenvalue weighted by atomic mass is 9.99. The number of nitrogens with zero attached hydrogens (tertiary/aromatic N) is 2. The van der Waals surface area contributed by atoms with Crippen molar-refractivity contribution in [1.29, 1.82) is 0 Å². The number of carbonyl (C=O) groups is 3. The van der Waals surface area contributed by atoms with Gasteiger partial charge in [0, 0.05) is 6.20 Å². The predicted octanol–water partition coefficient (Wildman–Crippen LogP) is 3.95. The third kappa shape index (κ3) is 6.81. The number of hydroxylamine groups is 1. The molecule has 1 fully saturated rings. The minimum Gasteiger partial charge on any atom is -0.449 e. The fraction of sp³-hybridized carbons (Fsp3) is 0.333. The summed E-state index contributed by atoms with van der Waals surface area (Å²) < 4.78 is 43.7. The molecule has 0 saturated carbocycles. The van der Waals surface area contributed by atoms with Crippen LogP contribution in [-0.4, -0.2) is 48.8 Å². The van der Waals surface area contributed by atoms with Gasteiger partial charge >= 0.3 is 18.2 Å². The van der Waals surface area contributed by atoms with Gasteiger partial charge in [0.05, 0.1) is 22.9 Å². The summed E-state index contributed by atoms with van der Waals surface area (Å²) in [7, 11) is 0. The molecular formula is C21H20ClF3N4O5. The molecule has 3 rings (SSSR count). The maximum atomic E-state index is 13.1. The van der Waals surface area contributed by atoms with E-state index in [0.29, 0.717) is 0 Å². The van der Waals surface area contributed by atoms with Crippen LogP contribution in [-0.2, 0) is 14.4 Å². The van der Waals surface area contributed by atoms with Crippen LogP contribution in [0.5, 0.6) is 0 Å². The minimum absolute atomic E-state index is 0.0650. The standard InChI is InChI=1S/C21H20ClF3N4O5/c22-14-5-6-17(27-11-14)29(34-19(31)21(23,24)25)18(30)15-3-1-2-4-16(15)28-20(32)33-12-13-7-9-26-10-8-13/h1-6,11,13,26H,7-10,12H2,(H,28,32). The van der Waals surface area contributed by atoms with Crippen molar-refractivity contribution in [3.8, 4) is 0 Å². The molecule has 13 heteroatoms. The van der Waals surface area contributed by atoms with Crippen LogP contribution < -0.4 is 15.7 Å². The SMILES string of the molecule is O=C(Nc1ccccc1C(=O)N(OC(=O)C(F)(F)F)c1ccc(Cl)cn1)OCC1CCNCC1. The van der Waals surface area contributed by atoms with Gasteiger partial charge in [-0.1, -0.05) is 23.7 Å². The Balaban J connectivity index is 1.80. The third-order valence-corrected chi connectivity index (χ3v) is 5.04. The second-order valence-electron chi connectivity index (χ2n) is 7.27. The van der Waals surface area contributed by atoms with E-state index < -0.39 is 30.0 Å². The second kappa shape index (κ2) is 11.2. The molecule has 0 bridgehead atoms. The first-order valence-corrected chi connectivity index (χ1v) is 10.5. The summed E-state index contributed by atoms with van der Waals surface area (Å²) in [5.41, 5.74) is -0.335. The summed E-state index contributed by atoms with van der Waals surface area (Å²) in [6, 6.07) is 7.82. The third-order valence-electron chi connectivity index (χ3n) is 4.81. The molecule has 2 N–H and O–H groups in total. The van der Waals surface area contributed by atoms with E-state index in [-0.39, 0.29) is 33.9 Å². The molecule has 0 radical (unpaired) electrons. The molecule has 2 aromatic rings. The van der Waals surface area contributed by atoms with Gasteiger partial charge < -0.3 is 14.9 Å². The van der Waals surface area contributed by atoms with Crippen molar-refractivity contribution in [3.05, 3.63) is 53.2 Å². The number of hydrogen-bond acceptors (Lipinski definition) is 7. The number of hydrogen-bond donors (Lipinski definition) is 2. The van der Waals surface area contributed by atoms with Gasteiger partial charge in [0.2, 0.25) is 0 Å². The van der Waals surface area contributed by atoms with E-state index in [9.17, 15) is 27.6 Å². The number of pyridine rings is 1. The highest BCUT2D eigenvalue weighted by molar-refractivity contribution is 6.30. The van der Waals surface area contributed by atoms with Crippen molar-refractivity contribution in [1.82, 2.24) is 10.3 Å². The molecule has 182 valence electrons. The van der Waals surface area contributed by atoms with Crippen LogP contribution in [0.25, 0.3) is 0 Å². The van der Waals surface area contributed by atoms with Crippen molar-refractivity contribution >= 4 is 41.1 Å². The van der Waals surface area contributed by atoms with Crippen molar-refractivity contribution in [2.75, 3.05) is 30.1 Å². The number of piperidine rings is 1. The van der Waals surface area contributed by atoms with E-state index in [1.165, 1.54) is 30.3 Å². The Morgan fingerprint density at radius 2 is 1.85 bits per heavy atom. The maximum absolute atomic E-state index is 13.1. The van der Waals surface area contributed by atoms with E-state index >= 15 is 0 Å². The monoisotopic (exact) mass is 500 g/mol. The average Bonchev–Trinajstić information content (AvgIpc) is 2.82. The summed E-state index contributed by atoms with van der Waals surface area (Å²) >= 11 is 5.74. The molecule has 0 unspecified atom stereocenters. The number of rotatable bonds is 5.